The summed E-state index contributed by atoms with van der Waals surface area (Å²) in [4.78, 5) is 0. The van der Waals surface area contributed by atoms with Gasteiger partial charge in [-0.1, -0.05) is 48.5 Å². The number of hydrogen-bond acceptors (Lipinski definition) is 1. The quantitative estimate of drug-likeness (QED) is 0.881. The second-order valence-corrected chi connectivity index (χ2v) is 5.42. The van der Waals surface area contributed by atoms with E-state index in [0.29, 0.717) is 5.92 Å². The second-order valence-electron chi connectivity index (χ2n) is 5.42. The van der Waals surface area contributed by atoms with E-state index in [1.54, 1.807) is 11.1 Å². The normalized spacial score (nSPS) is 15.2. The number of hydrogen-bond donors (Lipinski definition) is 1. The average molecular weight is 251 g/mol. The topological polar surface area (TPSA) is 26.0 Å². The Hall–Kier alpha value is -1.60. The van der Waals surface area contributed by atoms with E-state index in [1.807, 2.05) is 0 Å². The molecule has 1 aliphatic rings. The standard InChI is InChI=1S/C18H21N/c19-12-11-18(15-5-2-1-3-6-15)17-10-9-14-7-4-8-16(14)13-17/h1-3,5-6,9-10,13,18H,4,7-8,11-12,19H2. The van der Waals surface area contributed by atoms with Crippen LogP contribution in [0, 0.1) is 0 Å². The van der Waals surface area contributed by atoms with Crippen LogP contribution in [0.1, 0.15) is 41.0 Å². The molecule has 0 heterocycles. The Morgan fingerprint density at radius 3 is 2.47 bits per heavy atom. The van der Waals surface area contributed by atoms with Gasteiger partial charge in [0, 0.05) is 5.92 Å². The first-order chi connectivity index (χ1) is 9.38. The maximum atomic E-state index is 5.82. The van der Waals surface area contributed by atoms with Crippen LogP contribution in [-0.4, -0.2) is 6.54 Å². The molecule has 0 aromatic heterocycles. The Labute approximate surface area is 115 Å². The predicted molar refractivity (Wildman–Crippen MR) is 80.4 cm³/mol. The maximum absolute atomic E-state index is 5.82. The fourth-order valence-electron chi connectivity index (χ4n) is 3.19. The molecule has 0 spiro atoms. The summed E-state index contributed by atoms with van der Waals surface area (Å²) < 4.78 is 0. The van der Waals surface area contributed by atoms with Crippen LogP contribution < -0.4 is 5.73 Å². The first-order valence-corrected chi connectivity index (χ1v) is 7.25. The molecule has 1 unspecified atom stereocenters. The van der Waals surface area contributed by atoms with Crippen LogP contribution in [-0.2, 0) is 12.8 Å². The van der Waals surface area contributed by atoms with Gasteiger partial charge in [-0.3, -0.25) is 0 Å². The lowest BCUT2D eigenvalue weighted by molar-refractivity contribution is 0.725. The highest BCUT2D eigenvalue weighted by Gasteiger charge is 2.17. The zero-order valence-corrected chi connectivity index (χ0v) is 11.3. The molecule has 3 rings (SSSR count). The molecule has 1 heteroatoms. The molecule has 1 aliphatic carbocycles. The van der Waals surface area contributed by atoms with Crippen LogP contribution in [0.3, 0.4) is 0 Å². The van der Waals surface area contributed by atoms with Gasteiger partial charge < -0.3 is 5.73 Å². The third kappa shape index (κ3) is 2.57. The number of aryl methyl sites for hydroxylation is 2. The minimum Gasteiger partial charge on any atom is -0.330 e. The molecular weight excluding hydrogens is 230 g/mol. The lowest BCUT2D eigenvalue weighted by atomic mass is 9.87. The highest BCUT2D eigenvalue weighted by molar-refractivity contribution is 5.40. The Morgan fingerprint density at radius 2 is 1.68 bits per heavy atom. The number of benzene rings is 2. The SMILES string of the molecule is NCCC(c1ccccc1)c1ccc2c(c1)CCC2. The molecule has 0 aliphatic heterocycles. The van der Waals surface area contributed by atoms with Crippen LogP contribution in [0.15, 0.2) is 48.5 Å². The van der Waals surface area contributed by atoms with Crippen molar-refractivity contribution in [3.63, 3.8) is 0 Å². The molecule has 0 fully saturated rings. The smallest absolute Gasteiger partial charge is 0.0101 e. The molecule has 19 heavy (non-hydrogen) atoms. The molecular formula is C18H21N. The van der Waals surface area contributed by atoms with Crippen LogP contribution in [0.5, 0.6) is 0 Å². The molecule has 0 bridgehead atoms. The van der Waals surface area contributed by atoms with Gasteiger partial charge in [0.05, 0.1) is 0 Å². The van der Waals surface area contributed by atoms with Gasteiger partial charge in [0.2, 0.25) is 0 Å². The molecule has 1 atom stereocenters. The van der Waals surface area contributed by atoms with Gasteiger partial charge in [-0.25, -0.2) is 0 Å². The van der Waals surface area contributed by atoms with Crippen molar-refractivity contribution in [1.82, 2.24) is 0 Å². The van der Waals surface area contributed by atoms with Crippen molar-refractivity contribution >= 4 is 0 Å². The fraction of sp³-hybridized carbons (Fsp3) is 0.333. The summed E-state index contributed by atoms with van der Waals surface area (Å²) in [5, 5.41) is 0. The molecule has 2 N–H and O–H groups in total. The van der Waals surface area contributed by atoms with E-state index >= 15 is 0 Å². The van der Waals surface area contributed by atoms with Crippen molar-refractivity contribution < 1.29 is 0 Å². The Morgan fingerprint density at radius 1 is 0.895 bits per heavy atom. The van der Waals surface area contributed by atoms with E-state index in [1.165, 1.54) is 30.4 Å². The number of nitrogens with two attached hydrogens (primary N) is 1. The average Bonchev–Trinajstić information content (AvgIpc) is 2.93. The minimum absolute atomic E-state index is 0.442. The molecule has 2 aromatic carbocycles. The van der Waals surface area contributed by atoms with E-state index in [9.17, 15) is 0 Å². The van der Waals surface area contributed by atoms with Gasteiger partial charge in [-0.15, -0.1) is 0 Å². The van der Waals surface area contributed by atoms with Crippen LogP contribution in [0.2, 0.25) is 0 Å². The van der Waals surface area contributed by atoms with Crippen LogP contribution in [0.4, 0.5) is 0 Å². The summed E-state index contributed by atoms with van der Waals surface area (Å²) in [6.07, 6.45) is 4.82. The van der Waals surface area contributed by atoms with Crippen molar-refractivity contribution in [1.29, 1.82) is 0 Å². The van der Waals surface area contributed by atoms with Crippen molar-refractivity contribution in [2.45, 2.75) is 31.6 Å². The van der Waals surface area contributed by atoms with Crippen LogP contribution >= 0.6 is 0 Å². The van der Waals surface area contributed by atoms with Gasteiger partial charge >= 0.3 is 0 Å². The van der Waals surface area contributed by atoms with Gasteiger partial charge in [0.1, 0.15) is 0 Å². The summed E-state index contributed by atoms with van der Waals surface area (Å²) >= 11 is 0. The number of fused-ring (bicyclic) bond motifs is 1. The zero-order valence-electron chi connectivity index (χ0n) is 11.3. The first kappa shape index (κ1) is 12.4. The van der Waals surface area contributed by atoms with Gasteiger partial charge in [0.25, 0.3) is 0 Å². The van der Waals surface area contributed by atoms with Crippen LogP contribution in [0.25, 0.3) is 0 Å². The molecule has 1 nitrogen and oxygen atoms in total. The Balaban J connectivity index is 1.96. The zero-order chi connectivity index (χ0) is 13.1. The minimum atomic E-state index is 0.442. The van der Waals surface area contributed by atoms with E-state index in [0.717, 1.165) is 13.0 Å². The number of rotatable bonds is 4. The van der Waals surface area contributed by atoms with Crippen molar-refractivity contribution in [3.05, 3.63) is 70.8 Å². The Bertz CT molecular complexity index is 545. The van der Waals surface area contributed by atoms with E-state index < -0.39 is 0 Å². The summed E-state index contributed by atoms with van der Waals surface area (Å²) in [6, 6.07) is 17.8. The fourth-order valence-corrected chi connectivity index (χ4v) is 3.19. The predicted octanol–water partition coefficient (Wildman–Crippen LogP) is 3.66. The van der Waals surface area contributed by atoms with Crippen molar-refractivity contribution in [2.24, 2.45) is 5.73 Å². The van der Waals surface area contributed by atoms with E-state index in [4.69, 9.17) is 5.73 Å². The van der Waals surface area contributed by atoms with E-state index in [2.05, 4.69) is 48.5 Å². The van der Waals surface area contributed by atoms with Crippen molar-refractivity contribution in [2.75, 3.05) is 6.54 Å². The molecule has 98 valence electrons. The summed E-state index contributed by atoms with van der Waals surface area (Å²) in [6.45, 7) is 0.733. The largest absolute Gasteiger partial charge is 0.330 e. The van der Waals surface area contributed by atoms with Crippen molar-refractivity contribution in [3.8, 4) is 0 Å². The molecule has 0 saturated carbocycles. The monoisotopic (exact) mass is 251 g/mol. The lowest BCUT2D eigenvalue weighted by Crippen LogP contribution is -2.09. The summed E-state index contributed by atoms with van der Waals surface area (Å²) in [5.74, 6) is 0.442. The lowest BCUT2D eigenvalue weighted by Gasteiger charge is -2.18. The van der Waals surface area contributed by atoms with Gasteiger partial charge in [-0.05, 0) is 54.5 Å². The molecule has 0 amide bonds. The van der Waals surface area contributed by atoms with Gasteiger partial charge in [0.15, 0.2) is 0 Å². The van der Waals surface area contributed by atoms with Gasteiger partial charge in [-0.2, -0.15) is 0 Å². The first-order valence-electron chi connectivity index (χ1n) is 7.25. The molecule has 2 aromatic rings. The maximum Gasteiger partial charge on any atom is 0.0101 e. The third-order valence-corrected chi connectivity index (χ3v) is 4.18. The van der Waals surface area contributed by atoms with E-state index in [-0.39, 0.29) is 0 Å². The molecule has 0 saturated heterocycles. The second kappa shape index (κ2) is 5.58. The summed E-state index contributed by atoms with van der Waals surface area (Å²) in [5.41, 5.74) is 11.7. The third-order valence-electron chi connectivity index (χ3n) is 4.18. The molecule has 0 radical (unpaired) electrons. The Kier molecular flexibility index (Phi) is 3.65. The highest BCUT2D eigenvalue weighted by atomic mass is 14.5. The summed E-state index contributed by atoms with van der Waals surface area (Å²) in [7, 11) is 0. The highest BCUT2D eigenvalue weighted by Crippen LogP contribution is 2.31.